The minimum absolute atomic E-state index is 0.00204. The minimum atomic E-state index is -2.85. The van der Waals surface area contributed by atoms with Crippen LogP contribution in [0, 0.1) is 11.3 Å². The molecule has 2 saturated carbocycles. The Bertz CT molecular complexity index is 1300. The molecule has 3 heterocycles. The molecule has 6 rings (SSSR count). The highest BCUT2D eigenvalue weighted by atomic mass is 32.1. The Hall–Kier alpha value is -2.59. The van der Waals surface area contributed by atoms with Crippen LogP contribution >= 0.6 is 11.3 Å². The van der Waals surface area contributed by atoms with Crippen LogP contribution in [0.1, 0.15) is 60.0 Å². The van der Waals surface area contributed by atoms with Gasteiger partial charge < -0.3 is 10.1 Å². The lowest BCUT2D eigenvalue weighted by molar-refractivity contribution is -0.0523. The van der Waals surface area contributed by atoms with Crippen LogP contribution in [0.2, 0.25) is 0 Å². The van der Waals surface area contributed by atoms with Crippen LogP contribution < -0.4 is 10.1 Å². The first-order valence-corrected chi connectivity index (χ1v) is 13.9. The zero-order valence-electron chi connectivity index (χ0n) is 21.3. The first-order chi connectivity index (χ1) is 17.6. The molecule has 0 radical (unpaired) electrons. The van der Waals surface area contributed by atoms with Crippen molar-refractivity contribution in [2.24, 2.45) is 18.4 Å². The maximum Gasteiger partial charge on any atom is 0.278 e. The average molecular weight is 530 g/mol. The molecular formula is C27H33F2N5O2S. The lowest BCUT2D eigenvalue weighted by Gasteiger charge is -2.58. The minimum Gasteiger partial charge on any atom is -0.464 e. The molecule has 0 atom stereocenters. The molecule has 10 heteroatoms. The summed E-state index contributed by atoms with van der Waals surface area (Å²) in [4.78, 5) is 21.0. The summed E-state index contributed by atoms with van der Waals surface area (Å²) in [6, 6.07) is 5.96. The summed E-state index contributed by atoms with van der Waals surface area (Å²) < 4.78 is 33.1. The Morgan fingerprint density at radius 1 is 1.30 bits per heavy atom. The fourth-order valence-corrected chi connectivity index (χ4v) is 7.35. The van der Waals surface area contributed by atoms with Gasteiger partial charge in [0.25, 0.3) is 17.0 Å². The Balaban J connectivity index is 0.927. The first kappa shape index (κ1) is 24.7. The molecule has 37 heavy (non-hydrogen) atoms. The van der Waals surface area contributed by atoms with E-state index in [4.69, 9.17) is 4.74 Å². The molecule has 2 aliphatic carbocycles. The van der Waals surface area contributed by atoms with Gasteiger partial charge in [0.05, 0.1) is 16.8 Å². The number of ether oxygens (including phenoxy) is 1. The molecule has 3 aromatic rings. The predicted molar refractivity (Wildman–Crippen MR) is 138 cm³/mol. The number of nitrogens with one attached hydrogen (secondary N) is 1. The number of alkyl halides is 2. The molecule has 0 unspecified atom stereocenters. The number of carbonyl (C=O) groups excluding carboxylic acids is 1. The number of rotatable bonds is 8. The number of benzene rings is 1. The fourth-order valence-electron chi connectivity index (χ4n) is 6.45. The van der Waals surface area contributed by atoms with Crippen LogP contribution in [0.25, 0.3) is 10.9 Å². The molecule has 1 N–H and O–H groups in total. The van der Waals surface area contributed by atoms with Gasteiger partial charge in [-0.25, -0.2) is 13.8 Å². The SMILES string of the molecule is Cn1cc2c(C(=O)NC3CC4(CC(CCN5CCc6sc(OCC(C)(F)F)nc6C5)C4)C3)cccc2n1. The number of aromatic nitrogens is 3. The number of hydrogen-bond donors (Lipinski definition) is 1. The van der Waals surface area contributed by atoms with Gasteiger partial charge in [-0.05, 0) is 68.5 Å². The van der Waals surface area contributed by atoms with Crippen molar-refractivity contribution in [1.82, 2.24) is 25.0 Å². The molecule has 1 spiro atoms. The fraction of sp³-hybridized carbons (Fsp3) is 0.593. The third-order valence-corrected chi connectivity index (χ3v) is 9.21. The van der Waals surface area contributed by atoms with E-state index in [1.807, 2.05) is 31.4 Å². The smallest absolute Gasteiger partial charge is 0.278 e. The quantitative estimate of drug-likeness (QED) is 0.454. The monoisotopic (exact) mass is 529 g/mol. The second kappa shape index (κ2) is 9.31. The number of aryl methyl sites for hydroxylation is 1. The van der Waals surface area contributed by atoms with Crippen molar-refractivity contribution in [3.8, 4) is 5.19 Å². The summed E-state index contributed by atoms with van der Waals surface area (Å²) in [6.07, 6.45) is 8.62. The van der Waals surface area contributed by atoms with Gasteiger partial charge in [-0.1, -0.05) is 17.4 Å². The summed E-state index contributed by atoms with van der Waals surface area (Å²) in [7, 11) is 1.87. The number of hydrogen-bond acceptors (Lipinski definition) is 6. The first-order valence-electron chi connectivity index (χ1n) is 13.1. The molecule has 1 aliphatic heterocycles. The van der Waals surface area contributed by atoms with E-state index in [9.17, 15) is 13.6 Å². The van der Waals surface area contributed by atoms with E-state index in [1.54, 1.807) is 4.68 Å². The molecule has 3 aliphatic rings. The van der Waals surface area contributed by atoms with Crippen LogP contribution in [0.4, 0.5) is 8.78 Å². The summed E-state index contributed by atoms with van der Waals surface area (Å²) in [5.74, 6) is -2.11. The van der Waals surface area contributed by atoms with E-state index in [2.05, 4.69) is 20.3 Å². The van der Waals surface area contributed by atoms with Crippen molar-refractivity contribution in [3.63, 3.8) is 0 Å². The third kappa shape index (κ3) is 5.23. The molecule has 1 aromatic carbocycles. The van der Waals surface area contributed by atoms with Gasteiger partial charge in [0.15, 0.2) is 6.61 Å². The molecule has 2 fully saturated rings. The van der Waals surface area contributed by atoms with Crippen molar-refractivity contribution >= 4 is 28.1 Å². The zero-order valence-corrected chi connectivity index (χ0v) is 22.1. The molecule has 0 saturated heterocycles. The normalized spacial score (nSPS) is 25.5. The summed E-state index contributed by atoms with van der Waals surface area (Å²) in [5, 5.41) is 8.90. The van der Waals surface area contributed by atoms with Crippen LogP contribution in [-0.4, -0.2) is 57.2 Å². The molecular weight excluding hydrogens is 496 g/mol. The Labute approximate surface area is 219 Å². The highest BCUT2D eigenvalue weighted by Crippen LogP contribution is 2.59. The number of fused-ring (bicyclic) bond motifs is 2. The van der Waals surface area contributed by atoms with Gasteiger partial charge in [-0.15, -0.1) is 0 Å². The van der Waals surface area contributed by atoms with E-state index in [1.165, 1.54) is 30.6 Å². The third-order valence-electron chi connectivity index (χ3n) is 8.14. The number of nitrogens with zero attached hydrogens (tertiary/aromatic N) is 4. The molecule has 0 bridgehead atoms. The lowest BCUT2D eigenvalue weighted by Crippen LogP contribution is -2.56. The second-order valence-electron chi connectivity index (χ2n) is 11.4. The van der Waals surface area contributed by atoms with E-state index < -0.39 is 12.5 Å². The maximum atomic E-state index is 13.1. The van der Waals surface area contributed by atoms with Crippen molar-refractivity contribution in [3.05, 3.63) is 40.5 Å². The van der Waals surface area contributed by atoms with Gasteiger partial charge in [0, 0.05) is 49.6 Å². The molecule has 7 nitrogen and oxygen atoms in total. The largest absolute Gasteiger partial charge is 0.464 e. The zero-order chi connectivity index (χ0) is 25.8. The summed E-state index contributed by atoms with van der Waals surface area (Å²) in [6.45, 7) is 3.02. The van der Waals surface area contributed by atoms with Gasteiger partial charge in [0.1, 0.15) is 0 Å². The van der Waals surface area contributed by atoms with Crippen molar-refractivity contribution in [2.45, 2.75) is 64.0 Å². The van der Waals surface area contributed by atoms with Crippen molar-refractivity contribution in [1.29, 1.82) is 0 Å². The molecule has 2 aromatic heterocycles. The number of carbonyl (C=O) groups is 1. The van der Waals surface area contributed by atoms with Gasteiger partial charge in [-0.3, -0.25) is 14.4 Å². The molecule has 1 amide bonds. The lowest BCUT2D eigenvalue weighted by atomic mass is 9.49. The maximum absolute atomic E-state index is 13.1. The van der Waals surface area contributed by atoms with Gasteiger partial charge in [-0.2, -0.15) is 5.10 Å². The van der Waals surface area contributed by atoms with Gasteiger partial charge in [0.2, 0.25) is 0 Å². The predicted octanol–water partition coefficient (Wildman–Crippen LogP) is 4.80. The van der Waals surface area contributed by atoms with Crippen molar-refractivity contribution < 1.29 is 18.3 Å². The standard InChI is InChI=1S/C27H33F2N5O2S/c1-26(28,29)16-36-25-31-22-15-34(9-7-23(22)37-25)8-6-17-10-27(11-17)12-18(13-27)30-24(35)19-4-3-5-21-20(19)14-33(2)32-21/h3-5,14,17-18H,6-13,15-16H2,1-2H3,(H,30,35). The number of halogens is 2. The van der Waals surface area contributed by atoms with Crippen LogP contribution in [0.5, 0.6) is 5.19 Å². The van der Waals surface area contributed by atoms with E-state index >= 15 is 0 Å². The second-order valence-corrected chi connectivity index (χ2v) is 12.5. The van der Waals surface area contributed by atoms with Crippen molar-refractivity contribution in [2.75, 3.05) is 19.7 Å². The van der Waals surface area contributed by atoms with E-state index in [-0.39, 0.29) is 11.9 Å². The summed E-state index contributed by atoms with van der Waals surface area (Å²) >= 11 is 1.41. The Kier molecular flexibility index (Phi) is 6.22. The Morgan fingerprint density at radius 3 is 2.89 bits per heavy atom. The van der Waals surface area contributed by atoms with Crippen LogP contribution in [0.3, 0.4) is 0 Å². The highest BCUT2D eigenvalue weighted by Gasteiger charge is 2.52. The molecule has 198 valence electrons. The topological polar surface area (TPSA) is 72.3 Å². The Morgan fingerprint density at radius 2 is 2.11 bits per heavy atom. The number of amides is 1. The van der Waals surface area contributed by atoms with Crippen LogP contribution in [-0.2, 0) is 20.0 Å². The van der Waals surface area contributed by atoms with E-state index in [0.29, 0.717) is 16.2 Å². The summed E-state index contributed by atoms with van der Waals surface area (Å²) in [5.41, 5.74) is 2.94. The van der Waals surface area contributed by atoms with Gasteiger partial charge >= 0.3 is 0 Å². The van der Waals surface area contributed by atoms with Crippen LogP contribution in [0.15, 0.2) is 24.4 Å². The van der Waals surface area contributed by atoms with E-state index in [0.717, 1.165) is 73.2 Å². The highest BCUT2D eigenvalue weighted by molar-refractivity contribution is 7.13. The number of thiazole rings is 1. The average Bonchev–Trinajstić information content (AvgIpc) is 3.38.